The maximum absolute atomic E-state index is 5.95. The third-order valence-electron chi connectivity index (χ3n) is 1.99. The first-order chi connectivity index (χ1) is 6.83. The molecule has 0 spiro atoms. The van der Waals surface area contributed by atoms with Crippen LogP contribution in [0.5, 0.6) is 0 Å². The summed E-state index contributed by atoms with van der Waals surface area (Å²) >= 11 is 5.95. The van der Waals surface area contributed by atoms with Gasteiger partial charge in [0, 0.05) is 19.7 Å². The van der Waals surface area contributed by atoms with Crippen LogP contribution in [0.2, 0.25) is 5.02 Å². The van der Waals surface area contributed by atoms with Crippen molar-refractivity contribution in [2.24, 2.45) is 0 Å². The Morgan fingerprint density at radius 1 is 1.50 bits per heavy atom. The summed E-state index contributed by atoms with van der Waals surface area (Å²) in [5.74, 6) is 0.865. The fourth-order valence-electron chi connectivity index (χ4n) is 1.30. The highest BCUT2D eigenvalue weighted by molar-refractivity contribution is 6.33. The molecule has 0 fully saturated rings. The number of pyridine rings is 1. The van der Waals surface area contributed by atoms with Crippen LogP contribution < -0.4 is 0 Å². The highest BCUT2D eigenvalue weighted by Gasteiger charge is 2.06. The van der Waals surface area contributed by atoms with Crippen LogP contribution in [0.15, 0.2) is 18.3 Å². The number of halogens is 1. The topological polar surface area (TPSA) is 39.4 Å². The molecule has 0 saturated carbocycles. The minimum absolute atomic E-state index is 0.615. The molecule has 2 heterocycles. The molecule has 0 N–H and O–H groups in total. The molecule has 0 unspecified atom stereocenters. The van der Waals surface area contributed by atoms with Crippen LogP contribution in [0.4, 0.5) is 0 Å². The predicted octanol–water partition coefficient (Wildman–Crippen LogP) is 1.57. The highest BCUT2D eigenvalue weighted by Crippen LogP contribution is 2.15. The van der Waals surface area contributed by atoms with E-state index in [0.717, 1.165) is 12.2 Å². The van der Waals surface area contributed by atoms with Gasteiger partial charge in [-0.1, -0.05) is 11.6 Å². The van der Waals surface area contributed by atoms with Crippen LogP contribution in [-0.4, -0.2) is 28.3 Å². The van der Waals surface area contributed by atoms with Crippen molar-refractivity contribution in [2.75, 3.05) is 13.7 Å². The van der Waals surface area contributed by atoms with Crippen molar-refractivity contribution in [3.63, 3.8) is 0 Å². The molecule has 2 aromatic heterocycles. The molecule has 2 rings (SSSR count). The Balaban J connectivity index is 2.42. The maximum atomic E-state index is 5.95. The summed E-state index contributed by atoms with van der Waals surface area (Å²) in [7, 11) is 1.66. The van der Waals surface area contributed by atoms with E-state index in [1.807, 2.05) is 16.7 Å². The second kappa shape index (κ2) is 3.94. The van der Waals surface area contributed by atoms with Crippen LogP contribution in [0, 0.1) is 0 Å². The molecule has 0 aliphatic rings. The minimum atomic E-state index is 0.615. The first-order valence-electron chi connectivity index (χ1n) is 4.30. The number of hydrogen-bond acceptors (Lipinski definition) is 3. The van der Waals surface area contributed by atoms with E-state index < -0.39 is 0 Å². The summed E-state index contributed by atoms with van der Waals surface area (Å²) in [5.41, 5.74) is 0.695. The van der Waals surface area contributed by atoms with Gasteiger partial charge in [-0.05, 0) is 12.1 Å². The molecule has 0 saturated heterocycles. The molecule has 5 heteroatoms. The lowest BCUT2D eigenvalue weighted by molar-refractivity contribution is 0.200. The van der Waals surface area contributed by atoms with Gasteiger partial charge in [0.15, 0.2) is 5.65 Å². The second-order valence-corrected chi connectivity index (χ2v) is 3.32. The zero-order chi connectivity index (χ0) is 9.97. The van der Waals surface area contributed by atoms with Crippen molar-refractivity contribution in [3.8, 4) is 0 Å². The molecule has 0 aliphatic heterocycles. The van der Waals surface area contributed by atoms with Crippen molar-refractivity contribution >= 4 is 17.2 Å². The molecule has 0 aromatic carbocycles. The summed E-state index contributed by atoms with van der Waals surface area (Å²) < 4.78 is 6.86. The molecule has 0 radical (unpaired) electrons. The zero-order valence-electron chi connectivity index (χ0n) is 7.77. The Morgan fingerprint density at radius 3 is 3.14 bits per heavy atom. The number of rotatable bonds is 3. The highest BCUT2D eigenvalue weighted by atomic mass is 35.5. The second-order valence-electron chi connectivity index (χ2n) is 2.91. The third-order valence-corrected chi connectivity index (χ3v) is 2.28. The van der Waals surface area contributed by atoms with E-state index in [-0.39, 0.29) is 0 Å². The molecule has 0 aliphatic carbocycles. The standard InChI is InChI=1S/C9H10ClN3O/c1-14-6-4-8-11-12-9-7(10)3-2-5-13(8)9/h2-3,5H,4,6H2,1H3. The molecule has 0 bridgehead atoms. The first kappa shape index (κ1) is 9.43. The summed E-state index contributed by atoms with van der Waals surface area (Å²) in [6.45, 7) is 0.632. The number of nitrogens with zero attached hydrogens (tertiary/aromatic N) is 3. The molecule has 0 atom stereocenters. The van der Waals surface area contributed by atoms with Crippen molar-refractivity contribution in [1.82, 2.24) is 14.6 Å². The lowest BCUT2D eigenvalue weighted by atomic mass is 10.4. The first-order valence-corrected chi connectivity index (χ1v) is 4.68. The smallest absolute Gasteiger partial charge is 0.179 e. The van der Waals surface area contributed by atoms with Crippen molar-refractivity contribution in [2.45, 2.75) is 6.42 Å². The Hall–Kier alpha value is -1.13. The third kappa shape index (κ3) is 1.58. The SMILES string of the molecule is COCCc1nnc2c(Cl)cccn12. The maximum Gasteiger partial charge on any atom is 0.179 e. The summed E-state index contributed by atoms with van der Waals surface area (Å²) in [6.07, 6.45) is 2.63. The molecule has 4 nitrogen and oxygen atoms in total. The van der Waals surface area contributed by atoms with E-state index in [1.165, 1.54) is 0 Å². The minimum Gasteiger partial charge on any atom is -0.384 e. The van der Waals surface area contributed by atoms with Gasteiger partial charge in [-0.25, -0.2) is 0 Å². The predicted molar refractivity (Wildman–Crippen MR) is 53.6 cm³/mol. The molecular weight excluding hydrogens is 202 g/mol. The Labute approximate surface area is 86.5 Å². The fraction of sp³-hybridized carbons (Fsp3) is 0.333. The normalized spacial score (nSPS) is 11.0. The van der Waals surface area contributed by atoms with Crippen molar-refractivity contribution in [1.29, 1.82) is 0 Å². The van der Waals surface area contributed by atoms with Crippen LogP contribution in [0.25, 0.3) is 5.65 Å². The molecular formula is C9H10ClN3O. The van der Waals surface area contributed by atoms with Crippen LogP contribution in [0.3, 0.4) is 0 Å². The van der Waals surface area contributed by atoms with Crippen LogP contribution in [-0.2, 0) is 11.2 Å². The quantitative estimate of drug-likeness (QED) is 0.774. The molecule has 0 amide bonds. The largest absolute Gasteiger partial charge is 0.384 e. The monoisotopic (exact) mass is 211 g/mol. The Kier molecular flexibility index (Phi) is 2.65. The van der Waals surface area contributed by atoms with Gasteiger partial charge in [-0.15, -0.1) is 10.2 Å². The number of hydrogen-bond donors (Lipinski definition) is 0. The van der Waals surface area contributed by atoms with E-state index in [1.54, 1.807) is 13.2 Å². The van der Waals surface area contributed by atoms with E-state index in [2.05, 4.69) is 10.2 Å². The lowest BCUT2D eigenvalue weighted by Crippen LogP contribution is -2.00. The average molecular weight is 212 g/mol. The zero-order valence-corrected chi connectivity index (χ0v) is 8.53. The summed E-state index contributed by atoms with van der Waals surface area (Å²) in [4.78, 5) is 0. The van der Waals surface area contributed by atoms with E-state index in [0.29, 0.717) is 17.3 Å². The number of aromatic nitrogens is 3. The molecule has 2 aromatic rings. The number of ether oxygens (including phenoxy) is 1. The van der Waals surface area contributed by atoms with Gasteiger partial charge in [0.05, 0.1) is 11.6 Å². The average Bonchev–Trinajstić information content (AvgIpc) is 2.60. The van der Waals surface area contributed by atoms with Crippen molar-refractivity contribution < 1.29 is 4.74 Å². The van der Waals surface area contributed by atoms with Crippen LogP contribution >= 0.6 is 11.6 Å². The fourth-order valence-corrected chi connectivity index (χ4v) is 1.50. The molecule has 74 valence electrons. The van der Waals surface area contributed by atoms with Crippen molar-refractivity contribution in [3.05, 3.63) is 29.2 Å². The summed E-state index contributed by atoms with van der Waals surface area (Å²) in [5, 5.41) is 8.65. The van der Waals surface area contributed by atoms with Gasteiger partial charge in [0.1, 0.15) is 5.82 Å². The van der Waals surface area contributed by atoms with Gasteiger partial charge in [0.2, 0.25) is 0 Å². The van der Waals surface area contributed by atoms with Gasteiger partial charge in [0.25, 0.3) is 0 Å². The van der Waals surface area contributed by atoms with Gasteiger partial charge < -0.3 is 4.74 Å². The van der Waals surface area contributed by atoms with E-state index in [4.69, 9.17) is 16.3 Å². The summed E-state index contributed by atoms with van der Waals surface area (Å²) in [6, 6.07) is 3.67. The van der Waals surface area contributed by atoms with Gasteiger partial charge >= 0.3 is 0 Å². The number of methoxy groups -OCH3 is 1. The number of fused-ring (bicyclic) bond motifs is 1. The molecule has 14 heavy (non-hydrogen) atoms. The van der Waals surface area contributed by atoms with Crippen LogP contribution in [0.1, 0.15) is 5.82 Å². The lowest BCUT2D eigenvalue weighted by Gasteiger charge is -1.98. The van der Waals surface area contributed by atoms with Gasteiger partial charge in [-0.2, -0.15) is 0 Å². The van der Waals surface area contributed by atoms with E-state index >= 15 is 0 Å². The van der Waals surface area contributed by atoms with Gasteiger partial charge in [-0.3, -0.25) is 4.40 Å². The van der Waals surface area contributed by atoms with E-state index in [9.17, 15) is 0 Å². The Bertz CT molecular complexity index is 441. The Morgan fingerprint density at radius 2 is 2.36 bits per heavy atom.